The summed E-state index contributed by atoms with van der Waals surface area (Å²) in [5.74, 6) is -1.26. The number of aromatic amines is 1. The largest absolute Gasteiger partial charge is 0.478 e. The van der Waals surface area contributed by atoms with E-state index >= 15 is 0 Å². The Morgan fingerprint density at radius 3 is 2.62 bits per heavy atom. The zero-order valence-electron chi connectivity index (χ0n) is 18.9. The van der Waals surface area contributed by atoms with Crippen molar-refractivity contribution in [2.75, 3.05) is 37.6 Å². The maximum Gasteiger partial charge on any atom is 0.335 e. The summed E-state index contributed by atoms with van der Waals surface area (Å²) < 4.78 is 5.48. The number of nitrogens with two attached hydrogens (primary N) is 1. The minimum Gasteiger partial charge on any atom is -0.478 e. The van der Waals surface area contributed by atoms with E-state index in [1.807, 2.05) is 24.4 Å². The number of nitrogens with zero attached hydrogens (tertiary/aromatic N) is 2. The zero-order valence-corrected chi connectivity index (χ0v) is 18.9. The van der Waals surface area contributed by atoms with Crippen molar-refractivity contribution in [3.8, 4) is 0 Å². The summed E-state index contributed by atoms with van der Waals surface area (Å²) in [6.07, 6.45) is 5.09. The number of amides is 1. The zero-order chi connectivity index (χ0) is 23.7. The van der Waals surface area contributed by atoms with Gasteiger partial charge in [-0.25, -0.2) is 4.79 Å². The number of aromatic carboxylic acids is 1. The molecule has 0 aliphatic carbocycles. The van der Waals surface area contributed by atoms with Crippen LogP contribution in [-0.4, -0.2) is 59.6 Å². The van der Waals surface area contributed by atoms with Gasteiger partial charge in [-0.15, -0.1) is 0 Å². The molecule has 176 valence electrons. The fraction of sp³-hybridized carbons (Fsp3) is 0.308. The number of nitrogens with one attached hydrogen (secondary N) is 1. The van der Waals surface area contributed by atoms with Gasteiger partial charge in [-0.05, 0) is 73.8 Å². The smallest absolute Gasteiger partial charge is 0.335 e. The summed E-state index contributed by atoms with van der Waals surface area (Å²) >= 11 is 0. The average Bonchev–Trinajstić information content (AvgIpc) is 3.45. The first-order chi connectivity index (χ1) is 16.5. The fourth-order valence-electron chi connectivity index (χ4n) is 4.75. The van der Waals surface area contributed by atoms with Crippen LogP contribution in [-0.2, 0) is 6.42 Å². The van der Waals surface area contributed by atoms with Crippen LogP contribution in [0.1, 0.15) is 39.3 Å². The van der Waals surface area contributed by atoms with Gasteiger partial charge in [0.25, 0.3) is 5.91 Å². The van der Waals surface area contributed by atoms with Gasteiger partial charge >= 0.3 is 5.97 Å². The molecule has 0 saturated carbocycles. The number of anilines is 1. The van der Waals surface area contributed by atoms with Crippen molar-refractivity contribution >= 4 is 39.4 Å². The van der Waals surface area contributed by atoms with Gasteiger partial charge in [0.1, 0.15) is 5.58 Å². The Bertz CT molecular complexity index is 1350. The number of piperazine rings is 1. The number of benzene rings is 2. The predicted molar refractivity (Wildman–Crippen MR) is 132 cm³/mol. The highest BCUT2D eigenvalue weighted by Crippen LogP contribution is 2.26. The van der Waals surface area contributed by atoms with E-state index in [-0.39, 0.29) is 5.76 Å². The van der Waals surface area contributed by atoms with E-state index in [1.165, 1.54) is 5.56 Å². The Hall–Kier alpha value is -3.78. The number of hydrogen-bond acceptors (Lipinski definition) is 5. The highest BCUT2D eigenvalue weighted by atomic mass is 16.4. The SMILES string of the molecule is NC(=O)c1cc2cc(N3CCN(CCCCc4c[nH]c5ccc(C(=O)O)cc45)CC3)ccc2o1. The van der Waals surface area contributed by atoms with Crippen molar-refractivity contribution in [3.05, 3.63) is 65.5 Å². The molecule has 1 saturated heterocycles. The molecule has 34 heavy (non-hydrogen) atoms. The average molecular weight is 461 g/mol. The lowest BCUT2D eigenvalue weighted by molar-refractivity contribution is 0.0696. The number of rotatable bonds is 8. The molecule has 0 bridgehead atoms. The molecule has 0 spiro atoms. The standard InChI is InChI=1S/C26H28N4O4/c27-25(31)24-15-19-13-20(5-7-23(19)34-24)30-11-9-29(10-12-30)8-2-1-3-18-16-28-22-6-4-17(26(32)33)14-21(18)22/h4-7,13-16,28H,1-3,8-12H2,(H2,27,31)(H,32,33). The number of carboxylic acids is 1. The molecular formula is C26H28N4O4. The van der Waals surface area contributed by atoms with E-state index < -0.39 is 11.9 Å². The van der Waals surface area contributed by atoms with Gasteiger partial charge in [0.15, 0.2) is 5.76 Å². The maximum atomic E-state index is 11.4. The highest BCUT2D eigenvalue weighted by molar-refractivity contribution is 5.96. The van der Waals surface area contributed by atoms with Gasteiger partial charge in [-0.1, -0.05) is 0 Å². The molecule has 8 nitrogen and oxygen atoms in total. The monoisotopic (exact) mass is 460 g/mol. The van der Waals surface area contributed by atoms with Crippen LogP contribution < -0.4 is 10.6 Å². The van der Waals surface area contributed by atoms with Crippen LogP contribution in [0, 0.1) is 0 Å². The number of fused-ring (bicyclic) bond motifs is 2. The molecule has 5 rings (SSSR count). The van der Waals surface area contributed by atoms with Crippen LogP contribution in [0.15, 0.2) is 53.1 Å². The Morgan fingerprint density at radius 1 is 1.03 bits per heavy atom. The van der Waals surface area contributed by atoms with E-state index in [0.29, 0.717) is 11.1 Å². The second-order valence-electron chi connectivity index (χ2n) is 8.86. The fourth-order valence-corrected chi connectivity index (χ4v) is 4.75. The molecule has 1 aliphatic rings. The van der Waals surface area contributed by atoms with Gasteiger partial charge in [0, 0.05) is 54.4 Å². The highest BCUT2D eigenvalue weighted by Gasteiger charge is 2.18. The van der Waals surface area contributed by atoms with Gasteiger partial charge in [-0.3, -0.25) is 9.69 Å². The van der Waals surface area contributed by atoms with Crippen molar-refractivity contribution in [2.24, 2.45) is 5.73 Å². The first-order valence-corrected chi connectivity index (χ1v) is 11.6. The number of hydrogen-bond donors (Lipinski definition) is 3. The summed E-state index contributed by atoms with van der Waals surface area (Å²) in [6, 6.07) is 12.9. The van der Waals surface area contributed by atoms with Gasteiger partial charge < -0.3 is 25.1 Å². The number of carbonyl (C=O) groups excluding carboxylic acids is 1. The predicted octanol–water partition coefficient (Wildman–Crippen LogP) is 3.86. The first-order valence-electron chi connectivity index (χ1n) is 11.6. The number of carboxylic acid groups (broad SMARTS) is 1. The van der Waals surface area contributed by atoms with Crippen molar-refractivity contribution < 1.29 is 19.1 Å². The second-order valence-corrected chi connectivity index (χ2v) is 8.86. The Labute approximate surface area is 196 Å². The molecule has 4 aromatic rings. The molecule has 0 atom stereocenters. The summed E-state index contributed by atoms with van der Waals surface area (Å²) in [6.45, 7) is 4.97. The number of furan rings is 1. The van der Waals surface area contributed by atoms with Crippen LogP contribution in [0.3, 0.4) is 0 Å². The number of unbranched alkanes of at least 4 members (excludes halogenated alkanes) is 1. The lowest BCUT2D eigenvalue weighted by Gasteiger charge is -2.36. The molecule has 4 N–H and O–H groups in total. The van der Waals surface area contributed by atoms with Crippen molar-refractivity contribution in [2.45, 2.75) is 19.3 Å². The van der Waals surface area contributed by atoms with Crippen LogP contribution in [0.25, 0.3) is 21.9 Å². The number of aryl methyl sites for hydroxylation is 1. The van der Waals surface area contributed by atoms with Crippen LogP contribution in [0.4, 0.5) is 5.69 Å². The minimum atomic E-state index is -0.895. The topological polar surface area (TPSA) is 116 Å². The van der Waals surface area contributed by atoms with Gasteiger partial charge in [0.05, 0.1) is 5.56 Å². The third kappa shape index (κ3) is 4.49. The molecule has 0 radical (unpaired) electrons. The molecule has 1 aliphatic heterocycles. The summed E-state index contributed by atoms with van der Waals surface area (Å²) in [5.41, 5.74) is 9.61. The molecular weight excluding hydrogens is 432 g/mol. The van der Waals surface area contributed by atoms with Gasteiger partial charge in [0.2, 0.25) is 0 Å². The molecule has 1 fully saturated rings. The van der Waals surface area contributed by atoms with E-state index in [2.05, 4.69) is 20.9 Å². The van der Waals surface area contributed by atoms with E-state index in [4.69, 9.17) is 10.2 Å². The van der Waals surface area contributed by atoms with Crippen LogP contribution in [0.5, 0.6) is 0 Å². The van der Waals surface area contributed by atoms with Crippen LogP contribution >= 0.6 is 0 Å². The molecule has 3 heterocycles. The lowest BCUT2D eigenvalue weighted by Crippen LogP contribution is -2.46. The Kier molecular flexibility index (Phi) is 5.98. The molecule has 2 aromatic carbocycles. The van der Waals surface area contributed by atoms with E-state index in [0.717, 1.165) is 74.0 Å². The molecule has 8 heteroatoms. The van der Waals surface area contributed by atoms with Crippen LogP contribution in [0.2, 0.25) is 0 Å². The maximum absolute atomic E-state index is 11.4. The summed E-state index contributed by atoms with van der Waals surface area (Å²) in [7, 11) is 0. The van der Waals surface area contributed by atoms with Gasteiger partial charge in [-0.2, -0.15) is 0 Å². The van der Waals surface area contributed by atoms with Crippen molar-refractivity contribution in [3.63, 3.8) is 0 Å². The quantitative estimate of drug-likeness (QED) is 0.344. The van der Waals surface area contributed by atoms with E-state index in [9.17, 15) is 14.7 Å². The lowest BCUT2D eigenvalue weighted by atomic mass is 10.0. The third-order valence-corrected chi connectivity index (χ3v) is 6.67. The summed E-state index contributed by atoms with van der Waals surface area (Å²) in [5, 5.41) is 11.1. The van der Waals surface area contributed by atoms with E-state index in [1.54, 1.807) is 18.2 Å². The Balaban J connectivity index is 1.11. The number of primary amides is 1. The summed E-state index contributed by atoms with van der Waals surface area (Å²) in [4.78, 5) is 30.7. The number of carbonyl (C=O) groups is 2. The first kappa shape index (κ1) is 22.0. The third-order valence-electron chi connectivity index (χ3n) is 6.67. The van der Waals surface area contributed by atoms with Crippen molar-refractivity contribution in [1.29, 1.82) is 0 Å². The molecule has 1 amide bonds. The second kappa shape index (κ2) is 9.23. The van der Waals surface area contributed by atoms with Crippen molar-refractivity contribution in [1.82, 2.24) is 9.88 Å². The Morgan fingerprint density at radius 2 is 1.85 bits per heavy atom. The number of aromatic nitrogens is 1. The molecule has 2 aromatic heterocycles. The number of H-pyrrole nitrogens is 1. The minimum absolute atomic E-state index is 0.187. The normalized spacial score (nSPS) is 14.8. The molecule has 0 unspecified atom stereocenters.